The molecule has 8 nitrogen and oxygen atoms in total. The Morgan fingerprint density at radius 1 is 1.16 bits per heavy atom. The Kier molecular flexibility index (Phi) is 7.20. The summed E-state index contributed by atoms with van der Waals surface area (Å²) in [5, 5.41) is 19.3. The summed E-state index contributed by atoms with van der Waals surface area (Å²) in [7, 11) is 0. The van der Waals surface area contributed by atoms with Crippen molar-refractivity contribution in [1.29, 1.82) is 0 Å². The van der Waals surface area contributed by atoms with Crippen molar-refractivity contribution in [1.82, 2.24) is 40.0 Å². The minimum atomic E-state index is 0.350. The highest BCUT2D eigenvalue weighted by Crippen LogP contribution is 2.32. The van der Waals surface area contributed by atoms with E-state index >= 15 is 0 Å². The SMILES string of the molecule is CCCCc1nc(C(C)CC)nn1Cc1c(Br)cc(-n2cccc2-c2nn[nH]n2)cc1Br. The number of rotatable bonds is 9. The fourth-order valence-corrected chi connectivity index (χ4v) is 4.93. The number of aromatic amines is 1. The molecule has 0 aliphatic carbocycles. The van der Waals surface area contributed by atoms with Crippen molar-refractivity contribution in [2.45, 2.75) is 58.9 Å². The zero-order valence-corrected chi connectivity index (χ0v) is 21.6. The molecule has 3 heterocycles. The lowest BCUT2D eigenvalue weighted by molar-refractivity contribution is 0.600. The molecule has 0 fully saturated rings. The summed E-state index contributed by atoms with van der Waals surface area (Å²) >= 11 is 7.57. The highest BCUT2D eigenvalue weighted by molar-refractivity contribution is 9.11. The first-order chi connectivity index (χ1) is 15.5. The molecule has 4 rings (SSSR count). The zero-order chi connectivity index (χ0) is 22.7. The van der Waals surface area contributed by atoms with E-state index in [9.17, 15) is 0 Å². The molecule has 10 heteroatoms. The van der Waals surface area contributed by atoms with Gasteiger partial charge in [-0.1, -0.05) is 59.1 Å². The Labute approximate surface area is 204 Å². The molecular weight excluding hydrogens is 536 g/mol. The van der Waals surface area contributed by atoms with E-state index in [1.54, 1.807) is 0 Å². The fourth-order valence-electron chi connectivity index (χ4n) is 3.52. The highest BCUT2D eigenvalue weighted by atomic mass is 79.9. The van der Waals surface area contributed by atoms with Crippen LogP contribution in [0, 0.1) is 0 Å². The van der Waals surface area contributed by atoms with E-state index in [0.29, 0.717) is 18.3 Å². The number of H-pyrrole nitrogens is 1. The van der Waals surface area contributed by atoms with Crippen molar-refractivity contribution in [2.75, 3.05) is 0 Å². The third-order valence-electron chi connectivity index (χ3n) is 5.61. The third kappa shape index (κ3) is 4.71. The number of tetrazole rings is 1. The van der Waals surface area contributed by atoms with Crippen molar-refractivity contribution in [2.24, 2.45) is 0 Å². The van der Waals surface area contributed by atoms with Gasteiger partial charge in [-0.3, -0.25) is 0 Å². The minimum absolute atomic E-state index is 0.350. The summed E-state index contributed by atoms with van der Waals surface area (Å²) in [5.41, 5.74) is 2.98. The van der Waals surface area contributed by atoms with Gasteiger partial charge in [0.25, 0.3) is 0 Å². The lowest BCUT2D eigenvalue weighted by Gasteiger charge is -2.14. The molecule has 3 aromatic heterocycles. The highest BCUT2D eigenvalue weighted by Gasteiger charge is 2.18. The average molecular weight is 562 g/mol. The van der Waals surface area contributed by atoms with Crippen molar-refractivity contribution in [3.05, 3.63) is 56.6 Å². The standard InChI is InChI=1S/C22H26Br2N8/c1-4-6-9-20-25-21(14(3)5-2)28-32(20)13-16-17(23)11-15(12-18(16)24)31-10-7-8-19(31)22-26-29-30-27-22/h7-8,10-12,14H,4-6,9,13H2,1-3H3,(H,26,27,29,30). The van der Waals surface area contributed by atoms with Gasteiger partial charge in [0.1, 0.15) is 5.82 Å². The molecule has 0 aliphatic rings. The van der Waals surface area contributed by atoms with Crippen LogP contribution in [-0.4, -0.2) is 40.0 Å². The number of aromatic nitrogens is 8. The van der Waals surface area contributed by atoms with Crippen LogP contribution < -0.4 is 0 Å². The summed E-state index contributed by atoms with van der Waals surface area (Å²) in [6.45, 7) is 7.20. The number of aryl methyl sites for hydroxylation is 1. The number of hydrogen-bond acceptors (Lipinski definition) is 5. The Morgan fingerprint density at radius 3 is 2.59 bits per heavy atom. The second-order valence-corrected chi connectivity index (χ2v) is 9.55. The number of unbranched alkanes of at least 4 members (excludes halogenated alkanes) is 1. The topological polar surface area (TPSA) is 90.1 Å². The lowest BCUT2D eigenvalue weighted by Crippen LogP contribution is -2.09. The van der Waals surface area contributed by atoms with Gasteiger partial charge in [0.2, 0.25) is 5.82 Å². The normalized spacial score (nSPS) is 12.4. The van der Waals surface area contributed by atoms with Gasteiger partial charge in [-0.15, -0.1) is 10.2 Å². The summed E-state index contributed by atoms with van der Waals surface area (Å²) < 4.78 is 6.09. The first-order valence-electron chi connectivity index (χ1n) is 10.8. The second kappa shape index (κ2) is 10.1. The Hall–Kier alpha value is -2.33. The van der Waals surface area contributed by atoms with Crippen LogP contribution in [0.2, 0.25) is 0 Å². The van der Waals surface area contributed by atoms with Gasteiger partial charge in [-0.2, -0.15) is 10.3 Å². The maximum Gasteiger partial charge on any atom is 0.221 e. The summed E-state index contributed by atoms with van der Waals surface area (Å²) in [4.78, 5) is 4.87. The van der Waals surface area contributed by atoms with Crippen molar-refractivity contribution in [3.8, 4) is 17.2 Å². The Balaban J connectivity index is 1.67. The molecule has 0 saturated carbocycles. The predicted octanol–water partition coefficient (Wildman–Crippen LogP) is 5.68. The van der Waals surface area contributed by atoms with Crippen molar-refractivity contribution < 1.29 is 0 Å². The first kappa shape index (κ1) is 22.8. The van der Waals surface area contributed by atoms with Crippen LogP contribution in [0.3, 0.4) is 0 Å². The van der Waals surface area contributed by atoms with Gasteiger partial charge in [0, 0.05) is 38.7 Å². The fraction of sp³-hybridized carbons (Fsp3) is 0.409. The van der Waals surface area contributed by atoms with Crippen LogP contribution in [-0.2, 0) is 13.0 Å². The second-order valence-electron chi connectivity index (χ2n) is 7.84. The van der Waals surface area contributed by atoms with Crippen LogP contribution in [0.25, 0.3) is 17.2 Å². The molecule has 0 spiro atoms. The smallest absolute Gasteiger partial charge is 0.221 e. The van der Waals surface area contributed by atoms with Crippen molar-refractivity contribution in [3.63, 3.8) is 0 Å². The first-order valence-corrected chi connectivity index (χ1v) is 12.4. The number of benzene rings is 1. The number of nitrogens with one attached hydrogen (secondary N) is 1. The summed E-state index contributed by atoms with van der Waals surface area (Å²) in [5.74, 6) is 2.88. The molecule has 1 N–H and O–H groups in total. The minimum Gasteiger partial charge on any atom is -0.314 e. The Morgan fingerprint density at radius 2 is 1.94 bits per heavy atom. The molecule has 4 aromatic rings. The van der Waals surface area contributed by atoms with E-state index < -0.39 is 0 Å². The molecule has 1 unspecified atom stereocenters. The van der Waals surface area contributed by atoms with Crippen LogP contribution in [0.4, 0.5) is 0 Å². The van der Waals surface area contributed by atoms with E-state index in [1.165, 1.54) is 0 Å². The molecule has 0 saturated heterocycles. The number of hydrogen-bond donors (Lipinski definition) is 1. The van der Waals surface area contributed by atoms with Gasteiger partial charge in [-0.05, 0) is 42.3 Å². The van der Waals surface area contributed by atoms with E-state index in [1.807, 2.05) is 22.9 Å². The quantitative estimate of drug-likeness (QED) is 0.284. The van der Waals surface area contributed by atoms with E-state index in [4.69, 9.17) is 10.1 Å². The zero-order valence-electron chi connectivity index (χ0n) is 18.4. The average Bonchev–Trinajstić information content (AvgIpc) is 3.54. The van der Waals surface area contributed by atoms with Gasteiger partial charge < -0.3 is 4.57 Å². The molecule has 32 heavy (non-hydrogen) atoms. The number of nitrogens with zero attached hydrogens (tertiary/aromatic N) is 7. The van der Waals surface area contributed by atoms with Gasteiger partial charge in [0.15, 0.2) is 5.82 Å². The van der Waals surface area contributed by atoms with Crippen molar-refractivity contribution >= 4 is 31.9 Å². The molecule has 0 aliphatic heterocycles. The largest absolute Gasteiger partial charge is 0.314 e. The van der Waals surface area contributed by atoms with E-state index in [2.05, 4.69) is 90.1 Å². The third-order valence-corrected chi connectivity index (χ3v) is 7.02. The Bertz CT molecular complexity index is 1160. The molecule has 0 radical (unpaired) electrons. The monoisotopic (exact) mass is 560 g/mol. The maximum atomic E-state index is 4.87. The predicted molar refractivity (Wildman–Crippen MR) is 131 cm³/mol. The van der Waals surface area contributed by atoms with E-state index in [0.717, 1.165) is 63.2 Å². The summed E-state index contributed by atoms with van der Waals surface area (Å²) in [6, 6.07) is 8.13. The maximum absolute atomic E-state index is 4.87. The number of halogens is 2. The molecule has 1 atom stereocenters. The van der Waals surface area contributed by atoms with Gasteiger partial charge >= 0.3 is 0 Å². The molecule has 168 valence electrons. The molecule has 0 bridgehead atoms. The lowest BCUT2D eigenvalue weighted by atomic mass is 10.1. The van der Waals surface area contributed by atoms with E-state index in [-0.39, 0.29) is 0 Å². The van der Waals surface area contributed by atoms with Gasteiger partial charge in [-0.25, -0.2) is 9.67 Å². The molecular formula is C22H26Br2N8. The summed E-state index contributed by atoms with van der Waals surface area (Å²) in [6.07, 6.45) is 6.18. The van der Waals surface area contributed by atoms with Crippen LogP contribution in [0.5, 0.6) is 0 Å². The van der Waals surface area contributed by atoms with Crippen LogP contribution >= 0.6 is 31.9 Å². The molecule has 1 aromatic carbocycles. The van der Waals surface area contributed by atoms with Gasteiger partial charge in [0.05, 0.1) is 12.2 Å². The van der Waals surface area contributed by atoms with Crippen LogP contribution in [0.1, 0.15) is 63.2 Å². The van der Waals surface area contributed by atoms with Crippen LogP contribution in [0.15, 0.2) is 39.4 Å². The molecule has 0 amide bonds.